The molecule has 6 heteroatoms. The van der Waals surface area contributed by atoms with Gasteiger partial charge in [-0.25, -0.2) is 4.39 Å². The third-order valence-electron chi connectivity index (χ3n) is 3.09. The third kappa shape index (κ3) is 6.10. The Hall–Kier alpha value is -1.66. The van der Waals surface area contributed by atoms with E-state index in [-0.39, 0.29) is 24.4 Å². The van der Waals surface area contributed by atoms with Gasteiger partial charge in [0.05, 0.1) is 0 Å². The molecule has 0 saturated heterocycles. The van der Waals surface area contributed by atoms with Crippen molar-refractivity contribution in [1.82, 2.24) is 10.6 Å². The van der Waals surface area contributed by atoms with Crippen molar-refractivity contribution in [2.75, 3.05) is 33.9 Å². The highest BCUT2D eigenvalue weighted by molar-refractivity contribution is 5.77. The van der Waals surface area contributed by atoms with E-state index >= 15 is 0 Å². The molecule has 0 aromatic heterocycles. The number of halogens is 1. The number of carbonyl (C=O) groups is 1. The molecule has 0 aliphatic carbocycles. The molecule has 0 spiro atoms. The van der Waals surface area contributed by atoms with Crippen LogP contribution in [0.4, 0.5) is 4.39 Å². The molecule has 0 saturated carbocycles. The number of carbonyl (C=O) groups excluding carboxylic acids is 1. The van der Waals surface area contributed by atoms with Crippen LogP contribution in [-0.2, 0) is 9.53 Å². The van der Waals surface area contributed by atoms with Gasteiger partial charge in [0.1, 0.15) is 11.6 Å². The molecule has 0 bridgehead atoms. The van der Waals surface area contributed by atoms with Crippen LogP contribution in [0.2, 0.25) is 0 Å². The maximum atomic E-state index is 13.9. The van der Waals surface area contributed by atoms with Gasteiger partial charge >= 0.3 is 0 Å². The Morgan fingerprint density at radius 2 is 2.19 bits per heavy atom. The fourth-order valence-corrected chi connectivity index (χ4v) is 1.75. The molecule has 5 nitrogen and oxygen atoms in total. The van der Waals surface area contributed by atoms with E-state index in [1.54, 1.807) is 26.3 Å². The zero-order valence-corrected chi connectivity index (χ0v) is 12.7. The minimum Gasteiger partial charge on any atom is -0.484 e. The predicted octanol–water partition coefficient (Wildman–Crippen LogP) is 1.64. The molecule has 0 aliphatic rings. The number of amides is 1. The lowest BCUT2D eigenvalue weighted by atomic mass is 10.1. The average molecular weight is 298 g/mol. The monoisotopic (exact) mass is 298 g/mol. The van der Waals surface area contributed by atoms with Crippen molar-refractivity contribution in [2.24, 2.45) is 0 Å². The van der Waals surface area contributed by atoms with Crippen molar-refractivity contribution < 1.29 is 18.7 Å². The van der Waals surface area contributed by atoms with E-state index in [2.05, 4.69) is 10.6 Å². The Morgan fingerprint density at radius 3 is 2.81 bits per heavy atom. The first-order valence-corrected chi connectivity index (χ1v) is 6.93. The van der Waals surface area contributed by atoms with Gasteiger partial charge in [-0.15, -0.1) is 0 Å². The van der Waals surface area contributed by atoms with Gasteiger partial charge in [-0.3, -0.25) is 4.79 Å². The van der Waals surface area contributed by atoms with Crippen LogP contribution in [0.25, 0.3) is 0 Å². The molecule has 1 unspecified atom stereocenters. The van der Waals surface area contributed by atoms with Gasteiger partial charge in [-0.05, 0) is 26.5 Å². The number of hydrogen-bond donors (Lipinski definition) is 2. The number of ether oxygens (including phenoxy) is 2. The summed E-state index contributed by atoms with van der Waals surface area (Å²) in [6.45, 7) is 2.86. The fraction of sp³-hybridized carbons (Fsp3) is 0.533. The first kappa shape index (κ1) is 17.4. The molecular formula is C15H23FN2O3. The van der Waals surface area contributed by atoms with Crippen LogP contribution in [-0.4, -0.2) is 39.8 Å². The largest absolute Gasteiger partial charge is 0.484 e. The number of hydrogen-bond acceptors (Lipinski definition) is 4. The third-order valence-corrected chi connectivity index (χ3v) is 3.09. The maximum absolute atomic E-state index is 13.9. The van der Waals surface area contributed by atoms with E-state index in [0.29, 0.717) is 24.5 Å². The molecule has 0 fully saturated rings. The van der Waals surface area contributed by atoms with Crippen LogP contribution in [0.5, 0.6) is 5.75 Å². The molecule has 118 valence electrons. The van der Waals surface area contributed by atoms with E-state index in [1.165, 1.54) is 6.07 Å². The van der Waals surface area contributed by atoms with Gasteiger partial charge in [0, 0.05) is 37.9 Å². The van der Waals surface area contributed by atoms with Crippen molar-refractivity contribution >= 4 is 5.91 Å². The number of rotatable bonds is 9. The molecule has 0 heterocycles. The lowest BCUT2D eigenvalue weighted by molar-refractivity contribution is -0.123. The quantitative estimate of drug-likeness (QED) is 0.680. The van der Waals surface area contributed by atoms with E-state index in [9.17, 15) is 9.18 Å². The molecule has 1 atom stereocenters. The van der Waals surface area contributed by atoms with Crippen LogP contribution < -0.4 is 15.4 Å². The van der Waals surface area contributed by atoms with E-state index < -0.39 is 0 Å². The van der Waals surface area contributed by atoms with Crippen molar-refractivity contribution in [1.29, 1.82) is 0 Å². The van der Waals surface area contributed by atoms with Crippen molar-refractivity contribution in [3.63, 3.8) is 0 Å². The normalized spacial score (nSPS) is 12.0. The zero-order chi connectivity index (χ0) is 15.7. The molecule has 1 rings (SSSR count). The Morgan fingerprint density at radius 1 is 1.43 bits per heavy atom. The average Bonchev–Trinajstić information content (AvgIpc) is 2.49. The summed E-state index contributed by atoms with van der Waals surface area (Å²) in [6.07, 6.45) is 0.744. The Kier molecular flexibility index (Phi) is 7.71. The highest BCUT2D eigenvalue weighted by Crippen LogP contribution is 2.21. The minimum atomic E-state index is -0.352. The SMILES string of the molecule is CNC(C)c1ccc(OCC(=O)NCCCOC)cc1F. The summed E-state index contributed by atoms with van der Waals surface area (Å²) in [5, 5.41) is 5.66. The Balaban J connectivity index is 2.42. The second kappa shape index (κ2) is 9.31. The van der Waals surface area contributed by atoms with Crippen molar-refractivity contribution in [2.45, 2.75) is 19.4 Å². The van der Waals surface area contributed by atoms with Crippen molar-refractivity contribution in [3.05, 3.63) is 29.6 Å². The lowest BCUT2D eigenvalue weighted by Crippen LogP contribution is -2.30. The highest BCUT2D eigenvalue weighted by Gasteiger charge is 2.10. The molecule has 1 aromatic rings. The summed E-state index contributed by atoms with van der Waals surface area (Å²) < 4.78 is 24.0. The van der Waals surface area contributed by atoms with Crippen LogP contribution in [0.3, 0.4) is 0 Å². The van der Waals surface area contributed by atoms with Crippen LogP contribution >= 0.6 is 0 Å². The van der Waals surface area contributed by atoms with Gasteiger partial charge in [-0.1, -0.05) is 6.07 Å². The molecule has 0 radical (unpaired) electrons. The molecule has 2 N–H and O–H groups in total. The topological polar surface area (TPSA) is 59.6 Å². The summed E-state index contributed by atoms with van der Waals surface area (Å²) in [7, 11) is 3.38. The smallest absolute Gasteiger partial charge is 0.257 e. The van der Waals surface area contributed by atoms with E-state index in [4.69, 9.17) is 9.47 Å². The number of benzene rings is 1. The number of methoxy groups -OCH3 is 1. The summed E-state index contributed by atoms with van der Waals surface area (Å²) in [4.78, 5) is 11.5. The van der Waals surface area contributed by atoms with Crippen molar-refractivity contribution in [3.8, 4) is 5.75 Å². The van der Waals surface area contributed by atoms with Crippen LogP contribution in [0.1, 0.15) is 24.9 Å². The van der Waals surface area contributed by atoms with Gasteiger partial charge < -0.3 is 20.1 Å². The highest BCUT2D eigenvalue weighted by atomic mass is 19.1. The molecule has 1 aromatic carbocycles. The lowest BCUT2D eigenvalue weighted by Gasteiger charge is -2.13. The molecule has 1 amide bonds. The fourth-order valence-electron chi connectivity index (χ4n) is 1.75. The van der Waals surface area contributed by atoms with E-state index in [0.717, 1.165) is 6.42 Å². The zero-order valence-electron chi connectivity index (χ0n) is 12.7. The predicted molar refractivity (Wildman–Crippen MR) is 78.9 cm³/mol. The summed E-state index contributed by atoms with van der Waals surface area (Å²) in [5.74, 6) is -0.249. The van der Waals surface area contributed by atoms with Crippen LogP contribution in [0, 0.1) is 5.82 Å². The summed E-state index contributed by atoms with van der Waals surface area (Å²) in [5.41, 5.74) is 0.564. The molecule has 0 aliphatic heterocycles. The first-order valence-electron chi connectivity index (χ1n) is 6.93. The summed E-state index contributed by atoms with van der Waals surface area (Å²) in [6, 6.07) is 4.52. The second-order valence-corrected chi connectivity index (χ2v) is 4.68. The molecule has 21 heavy (non-hydrogen) atoms. The van der Waals surface area contributed by atoms with Gasteiger partial charge in [0.2, 0.25) is 0 Å². The molecular weight excluding hydrogens is 275 g/mol. The Labute approximate surface area is 124 Å². The minimum absolute atomic E-state index is 0.0804. The summed E-state index contributed by atoms with van der Waals surface area (Å²) >= 11 is 0. The van der Waals surface area contributed by atoms with Gasteiger partial charge in [0.25, 0.3) is 5.91 Å². The Bertz CT molecular complexity index is 455. The second-order valence-electron chi connectivity index (χ2n) is 4.68. The maximum Gasteiger partial charge on any atom is 0.257 e. The number of nitrogens with one attached hydrogen (secondary N) is 2. The standard InChI is InChI=1S/C15H23FN2O3/c1-11(17-2)13-6-5-12(9-14(13)16)21-10-15(19)18-7-4-8-20-3/h5-6,9,11,17H,4,7-8,10H2,1-3H3,(H,18,19). The van der Waals surface area contributed by atoms with Gasteiger partial charge in [-0.2, -0.15) is 0 Å². The van der Waals surface area contributed by atoms with E-state index in [1.807, 2.05) is 6.92 Å². The van der Waals surface area contributed by atoms with Crippen LogP contribution in [0.15, 0.2) is 18.2 Å². The van der Waals surface area contributed by atoms with Gasteiger partial charge in [0.15, 0.2) is 6.61 Å². The first-order chi connectivity index (χ1) is 10.1.